The molecule has 12 heavy (non-hydrogen) atoms. The molecule has 0 aliphatic carbocycles. The van der Waals surface area contributed by atoms with Crippen LogP contribution in [-0.2, 0) is 0 Å². The van der Waals surface area contributed by atoms with Crippen molar-refractivity contribution in [1.82, 2.24) is 4.90 Å². The molecule has 1 heteroatoms. The highest BCUT2D eigenvalue weighted by Crippen LogP contribution is 2.14. The van der Waals surface area contributed by atoms with E-state index >= 15 is 0 Å². The number of likely N-dealkylation sites (tertiary alicyclic amines) is 1. The van der Waals surface area contributed by atoms with E-state index in [1.54, 1.807) is 0 Å². The monoisotopic (exact) mass is 171 g/mol. The van der Waals surface area contributed by atoms with Crippen LogP contribution in [0.4, 0.5) is 0 Å². The number of hydrogen-bond acceptors (Lipinski definition) is 1. The number of piperidine rings is 1. The van der Waals surface area contributed by atoms with Crippen molar-refractivity contribution in [3.63, 3.8) is 0 Å². The van der Waals surface area contributed by atoms with Crippen LogP contribution in [0.15, 0.2) is 0 Å². The second-order valence-corrected chi connectivity index (χ2v) is 3.68. The smallest absolute Gasteiger partial charge is 0.00668 e. The van der Waals surface area contributed by atoms with E-state index < -0.39 is 0 Å². The van der Waals surface area contributed by atoms with Crippen LogP contribution in [-0.4, -0.2) is 24.0 Å². The van der Waals surface area contributed by atoms with Gasteiger partial charge in [-0.2, -0.15) is 0 Å². The molecule has 0 radical (unpaired) electrons. The van der Waals surface area contributed by atoms with Gasteiger partial charge in [0, 0.05) is 6.04 Å². The van der Waals surface area contributed by atoms with Gasteiger partial charge in [-0.1, -0.05) is 33.6 Å². The average molecular weight is 171 g/mol. The van der Waals surface area contributed by atoms with Gasteiger partial charge in [-0.3, -0.25) is 0 Å². The number of rotatable bonds is 1. The lowest BCUT2D eigenvalue weighted by Gasteiger charge is -2.31. The van der Waals surface area contributed by atoms with Gasteiger partial charge in [0.2, 0.25) is 0 Å². The summed E-state index contributed by atoms with van der Waals surface area (Å²) in [7, 11) is 0. The van der Waals surface area contributed by atoms with Crippen molar-refractivity contribution in [3.05, 3.63) is 0 Å². The van der Waals surface area contributed by atoms with Crippen LogP contribution in [0.2, 0.25) is 0 Å². The van der Waals surface area contributed by atoms with E-state index in [0.717, 1.165) is 6.04 Å². The maximum absolute atomic E-state index is 2.56. The van der Waals surface area contributed by atoms with Crippen molar-refractivity contribution in [2.24, 2.45) is 0 Å². The highest BCUT2D eigenvalue weighted by molar-refractivity contribution is 4.70. The Hall–Kier alpha value is -0.0400. The second-order valence-electron chi connectivity index (χ2n) is 3.68. The van der Waals surface area contributed by atoms with Crippen molar-refractivity contribution >= 4 is 0 Å². The van der Waals surface area contributed by atoms with E-state index in [2.05, 4.69) is 32.6 Å². The summed E-state index contributed by atoms with van der Waals surface area (Å²) in [5, 5.41) is 0. The normalized spacial score (nSPS) is 24.5. The van der Waals surface area contributed by atoms with E-state index in [1.165, 1.54) is 38.8 Å². The first kappa shape index (κ1) is 12.0. The van der Waals surface area contributed by atoms with Crippen LogP contribution in [0.5, 0.6) is 0 Å². The van der Waals surface area contributed by atoms with E-state index in [9.17, 15) is 0 Å². The summed E-state index contributed by atoms with van der Waals surface area (Å²) >= 11 is 0. The van der Waals surface area contributed by atoms with Crippen LogP contribution in [0.3, 0.4) is 0 Å². The molecule has 0 amide bonds. The number of nitrogens with zero attached hydrogens (tertiary/aromatic N) is 1. The Morgan fingerprint density at radius 1 is 1.17 bits per heavy atom. The third-order valence-corrected chi connectivity index (χ3v) is 2.35. The summed E-state index contributed by atoms with van der Waals surface area (Å²) in [6.45, 7) is 11.4. The molecule has 1 rings (SSSR count). The van der Waals surface area contributed by atoms with Gasteiger partial charge in [0.15, 0.2) is 0 Å². The summed E-state index contributed by atoms with van der Waals surface area (Å²) in [6, 6.07) is 0.851. The molecule has 0 N–H and O–H groups in total. The molecule has 0 aromatic heterocycles. The molecular weight excluding hydrogens is 146 g/mol. The van der Waals surface area contributed by atoms with Gasteiger partial charge in [-0.15, -0.1) is 0 Å². The lowest BCUT2D eigenvalue weighted by Crippen LogP contribution is -2.36. The first-order chi connectivity index (χ1) is 5.76. The van der Waals surface area contributed by atoms with Crippen LogP contribution in [0, 0.1) is 0 Å². The van der Waals surface area contributed by atoms with Gasteiger partial charge in [0.1, 0.15) is 0 Å². The molecule has 1 fully saturated rings. The Morgan fingerprint density at radius 2 is 1.75 bits per heavy atom. The Kier molecular flexibility index (Phi) is 7.58. The third-order valence-electron chi connectivity index (χ3n) is 2.35. The fraction of sp³-hybridized carbons (Fsp3) is 1.00. The van der Waals surface area contributed by atoms with Gasteiger partial charge in [0.05, 0.1) is 0 Å². The Morgan fingerprint density at radius 3 is 2.08 bits per heavy atom. The van der Waals surface area contributed by atoms with Crippen LogP contribution in [0.1, 0.15) is 53.4 Å². The minimum atomic E-state index is 0.851. The quantitative estimate of drug-likeness (QED) is 0.585. The molecule has 0 spiro atoms. The molecule has 0 saturated carbocycles. The fourth-order valence-corrected chi connectivity index (χ4v) is 1.63. The Bertz CT molecular complexity index is 91.0. The SMILES string of the molecule is CCC.CCN1CCCCC1C. The zero-order valence-electron chi connectivity index (χ0n) is 9.27. The molecular formula is C11H25N. The van der Waals surface area contributed by atoms with Gasteiger partial charge in [0.25, 0.3) is 0 Å². The minimum absolute atomic E-state index is 0.851. The molecule has 1 atom stereocenters. The molecule has 0 bridgehead atoms. The predicted octanol–water partition coefficient (Wildman–Crippen LogP) is 3.30. The molecule has 1 heterocycles. The molecule has 1 aliphatic rings. The minimum Gasteiger partial charge on any atom is -0.301 e. The summed E-state index contributed by atoms with van der Waals surface area (Å²) in [4.78, 5) is 2.56. The highest BCUT2D eigenvalue weighted by Gasteiger charge is 2.14. The molecule has 0 aromatic rings. The van der Waals surface area contributed by atoms with Crippen LogP contribution < -0.4 is 0 Å². The number of hydrogen-bond donors (Lipinski definition) is 0. The topological polar surface area (TPSA) is 3.24 Å². The predicted molar refractivity (Wildman–Crippen MR) is 56.5 cm³/mol. The van der Waals surface area contributed by atoms with Gasteiger partial charge in [-0.25, -0.2) is 0 Å². The summed E-state index contributed by atoms with van der Waals surface area (Å²) in [6.07, 6.45) is 5.52. The molecule has 1 unspecified atom stereocenters. The van der Waals surface area contributed by atoms with Crippen molar-refractivity contribution in [1.29, 1.82) is 0 Å². The first-order valence-corrected chi connectivity index (χ1v) is 5.50. The Balaban J connectivity index is 0.000000354. The summed E-state index contributed by atoms with van der Waals surface area (Å²) in [5.74, 6) is 0. The molecule has 1 nitrogen and oxygen atoms in total. The fourth-order valence-electron chi connectivity index (χ4n) is 1.63. The zero-order valence-corrected chi connectivity index (χ0v) is 9.27. The van der Waals surface area contributed by atoms with E-state index in [4.69, 9.17) is 0 Å². The van der Waals surface area contributed by atoms with E-state index in [1.807, 2.05) is 0 Å². The largest absolute Gasteiger partial charge is 0.301 e. The van der Waals surface area contributed by atoms with Gasteiger partial charge >= 0.3 is 0 Å². The zero-order chi connectivity index (χ0) is 9.40. The van der Waals surface area contributed by atoms with E-state index in [-0.39, 0.29) is 0 Å². The van der Waals surface area contributed by atoms with Crippen molar-refractivity contribution in [3.8, 4) is 0 Å². The maximum atomic E-state index is 2.56. The van der Waals surface area contributed by atoms with Gasteiger partial charge < -0.3 is 4.90 Å². The maximum Gasteiger partial charge on any atom is 0.00668 e. The highest BCUT2D eigenvalue weighted by atomic mass is 15.1. The van der Waals surface area contributed by atoms with Gasteiger partial charge in [-0.05, 0) is 32.9 Å². The van der Waals surface area contributed by atoms with Crippen molar-refractivity contribution in [2.75, 3.05) is 13.1 Å². The lowest BCUT2D eigenvalue weighted by atomic mass is 10.0. The molecule has 1 saturated heterocycles. The second kappa shape index (κ2) is 7.60. The van der Waals surface area contributed by atoms with Crippen LogP contribution >= 0.6 is 0 Å². The summed E-state index contributed by atoms with van der Waals surface area (Å²) < 4.78 is 0. The van der Waals surface area contributed by atoms with Crippen molar-refractivity contribution in [2.45, 2.75) is 59.4 Å². The first-order valence-electron chi connectivity index (χ1n) is 5.50. The van der Waals surface area contributed by atoms with Crippen LogP contribution in [0.25, 0.3) is 0 Å². The van der Waals surface area contributed by atoms with Crippen molar-refractivity contribution < 1.29 is 0 Å². The summed E-state index contributed by atoms with van der Waals surface area (Å²) in [5.41, 5.74) is 0. The van der Waals surface area contributed by atoms with E-state index in [0.29, 0.717) is 0 Å². The molecule has 0 aromatic carbocycles. The molecule has 1 aliphatic heterocycles. The average Bonchev–Trinajstić information content (AvgIpc) is 2.07. The lowest BCUT2D eigenvalue weighted by molar-refractivity contribution is 0.169. The standard InChI is InChI=1S/C8H17N.C3H8/c1-3-9-7-5-4-6-8(9)2;1-3-2/h8H,3-7H2,1-2H3;3H2,1-2H3. The Labute approximate surface area is 78.1 Å². The molecule has 74 valence electrons. The third kappa shape index (κ3) is 4.76.